The number of halogens is 1. The number of carbonyl (C=O) groups is 1. The van der Waals surface area contributed by atoms with Gasteiger partial charge in [-0.1, -0.05) is 20.3 Å². The van der Waals surface area contributed by atoms with Gasteiger partial charge in [-0.05, 0) is 49.6 Å². The van der Waals surface area contributed by atoms with Gasteiger partial charge in [0.1, 0.15) is 0 Å². The lowest BCUT2D eigenvalue weighted by atomic mass is 10.0. The molecular formula is C17H28ClN3O3S. The van der Waals surface area contributed by atoms with E-state index in [0.717, 1.165) is 19.3 Å². The van der Waals surface area contributed by atoms with Crippen LogP contribution in [0.25, 0.3) is 0 Å². The summed E-state index contributed by atoms with van der Waals surface area (Å²) in [4.78, 5) is 12.6. The number of hydrogen-bond donors (Lipinski definition) is 2. The number of nitrogens with zero attached hydrogens (tertiary/aromatic N) is 1. The minimum Gasteiger partial charge on any atom is -0.349 e. The summed E-state index contributed by atoms with van der Waals surface area (Å²) in [6.45, 7) is 5.02. The molecule has 0 saturated heterocycles. The zero-order valence-corrected chi connectivity index (χ0v) is 16.4. The Morgan fingerprint density at radius 1 is 1.20 bits per heavy atom. The molecule has 1 aliphatic carbocycles. The molecule has 3 N–H and O–H groups in total. The van der Waals surface area contributed by atoms with Gasteiger partial charge in [0.2, 0.25) is 10.0 Å². The molecule has 8 heteroatoms. The maximum Gasteiger partial charge on any atom is 0.251 e. The van der Waals surface area contributed by atoms with E-state index in [-0.39, 0.29) is 29.3 Å². The van der Waals surface area contributed by atoms with E-state index in [1.807, 2.05) is 0 Å². The summed E-state index contributed by atoms with van der Waals surface area (Å²) in [6, 6.07) is 6.24. The van der Waals surface area contributed by atoms with Crippen LogP contribution in [-0.2, 0) is 10.0 Å². The van der Waals surface area contributed by atoms with Crippen LogP contribution in [0.3, 0.4) is 0 Å². The second kappa shape index (κ2) is 9.52. The van der Waals surface area contributed by atoms with Gasteiger partial charge in [-0.2, -0.15) is 4.31 Å². The van der Waals surface area contributed by atoms with E-state index in [4.69, 9.17) is 5.73 Å². The van der Waals surface area contributed by atoms with E-state index in [2.05, 4.69) is 5.32 Å². The maximum absolute atomic E-state index is 12.4. The highest BCUT2D eigenvalue weighted by Gasteiger charge is 2.28. The third-order valence-electron chi connectivity index (χ3n) is 4.74. The highest BCUT2D eigenvalue weighted by Crippen LogP contribution is 2.25. The molecule has 1 amide bonds. The van der Waals surface area contributed by atoms with Crippen molar-refractivity contribution in [2.45, 2.75) is 44.0 Å². The molecule has 0 bridgehead atoms. The predicted octanol–water partition coefficient (Wildman–Crippen LogP) is 2.00. The largest absolute Gasteiger partial charge is 0.349 e. The average Bonchev–Trinajstić information content (AvgIpc) is 3.03. The Balaban J connectivity index is 0.00000312. The molecule has 2 atom stereocenters. The minimum absolute atomic E-state index is 0. The first-order valence-electron chi connectivity index (χ1n) is 8.55. The normalized spacial score (nSPS) is 20.3. The van der Waals surface area contributed by atoms with Crippen molar-refractivity contribution in [1.82, 2.24) is 9.62 Å². The Hall–Kier alpha value is -1.15. The molecule has 1 aromatic rings. The second-order valence-corrected chi connectivity index (χ2v) is 8.06. The summed E-state index contributed by atoms with van der Waals surface area (Å²) in [5.41, 5.74) is 6.21. The zero-order valence-electron chi connectivity index (χ0n) is 14.8. The van der Waals surface area contributed by atoms with E-state index in [0.29, 0.717) is 31.1 Å². The second-order valence-electron chi connectivity index (χ2n) is 6.12. The van der Waals surface area contributed by atoms with Crippen LogP contribution < -0.4 is 11.1 Å². The first kappa shape index (κ1) is 21.9. The van der Waals surface area contributed by atoms with E-state index in [1.54, 1.807) is 26.0 Å². The fraction of sp³-hybridized carbons (Fsp3) is 0.588. The Morgan fingerprint density at radius 2 is 1.80 bits per heavy atom. The fourth-order valence-electron chi connectivity index (χ4n) is 3.25. The molecular weight excluding hydrogens is 362 g/mol. The van der Waals surface area contributed by atoms with Gasteiger partial charge in [-0.25, -0.2) is 8.42 Å². The van der Waals surface area contributed by atoms with Crippen molar-refractivity contribution in [2.75, 3.05) is 19.6 Å². The van der Waals surface area contributed by atoms with Crippen LogP contribution in [0.2, 0.25) is 0 Å². The highest BCUT2D eigenvalue weighted by atomic mass is 35.5. The quantitative estimate of drug-likeness (QED) is 0.745. The molecule has 0 aromatic heterocycles. The summed E-state index contributed by atoms with van der Waals surface area (Å²) in [6.07, 6.45) is 3.07. The molecule has 1 saturated carbocycles. The Bertz CT molecular complexity index is 660. The lowest BCUT2D eigenvalue weighted by molar-refractivity contribution is 0.0928. The molecule has 0 heterocycles. The van der Waals surface area contributed by atoms with E-state index >= 15 is 0 Å². The van der Waals surface area contributed by atoms with Crippen molar-refractivity contribution in [3.63, 3.8) is 0 Å². The number of nitrogens with two attached hydrogens (primary N) is 1. The van der Waals surface area contributed by atoms with Crippen LogP contribution in [0.1, 0.15) is 43.5 Å². The topological polar surface area (TPSA) is 92.5 Å². The van der Waals surface area contributed by atoms with Gasteiger partial charge < -0.3 is 11.1 Å². The Labute approximate surface area is 156 Å². The zero-order chi connectivity index (χ0) is 17.7. The number of hydrogen-bond acceptors (Lipinski definition) is 4. The molecule has 25 heavy (non-hydrogen) atoms. The number of sulfonamides is 1. The van der Waals surface area contributed by atoms with Crippen molar-refractivity contribution in [3.8, 4) is 0 Å². The number of carbonyl (C=O) groups excluding carboxylic acids is 1. The molecule has 142 valence electrons. The molecule has 0 radical (unpaired) electrons. The SMILES string of the molecule is CCN(CC)S(=O)(=O)c1ccc(C(=O)NC2CCCC2CN)cc1.Cl. The summed E-state index contributed by atoms with van der Waals surface area (Å²) in [5, 5.41) is 3.02. The molecule has 1 fully saturated rings. The molecule has 1 aromatic carbocycles. The molecule has 2 rings (SSSR count). The number of nitrogens with one attached hydrogen (secondary N) is 1. The monoisotopic (exact) mass is 389 g/mol. The summed E-state index contributed by atoms with van der Waals surface area (Å²) >= 11 is 0. The predicted molar refractivity (Wildman–Crippen MR) is 101 cm³/mol. The van der Waals surface area contributed by atoms with Gasteiger partial charge in [0.05, 0.1) is 4.90 Å². The van der Waals surface area contributed by atoms with Crippen LogP contribution >= 0.6 is 12.4 Å². The van der Waals surface area contributed by atoms with Crippen molar-refractivity contribution >= 4 is 28.3 Å². The van der Waals surface area contributed by atoms with Gasteiger partial charge in [0.15, 0.2) is 0 Å². The van der Waals surface area contributed by atoms with Crippen LogP contribution in [0.15, 0.2) is 29.2 Å². The van der Waals surface area contributed by atoms with Crippen LogP contribution in [-0.4, -0.2) is 44.3 Å². The highest BCUT2D eigenvalue weighted by molar-refractivity contribution is 7.89. The first-order chi connectivity index (χ1) is 11.4. The van der Waals surface area contributed by atoms with Crippen molar-refractivity contribution in [1.29, 1.82) is 0 Å². The van der Waals surface area contributed by atoms with Gasteiger partial charge in [0.25, 0.3) is 5.91 Å². The van der Waals surface area contributed by atoms with Gasteiger partial charge in [-0.15, -0.1) is 12.4 Å². The van der Waals surface area contributed by atoms with Gasteiger partial charge >= 0.3 is 0 Å². The average molecular weight is 390 g/mol. The standard InChI is InChI=1S/C17H27N3O3S.ClH/c1-3-20(4-2)24(22,23)15-10-8-13(9-11-15)17(21)19-16-7-5-6-14(16)12-18;/h8-11,14,16H,3-7,12,18H2,1-2H3,(H,19,21);1H. The van der Waals surface area contributed by atoms with Crippen molar-refractivity contribution < 1.29 is 13.2 Å². The van der Waals surface area contributed by atoms with Crippen molar-refractivity contribution in [2.24, 2.45) is 11.7 Å². The summed E-state index contributed by atoms with van der Waals surface area (Å²) in [5.74, 6) is 0.156. The fourth-order valence-corrected chi connectivity index (χ4v) is 4.71. The van der Waals surface area contributed by atoms with Gasteiger partial charge in [0, 0.05) is 24.7 Å². The summed E-state index contributed by atoms with van der Waals surface area (Å²) < 4.78 is 26.3. The van der Waals surface area contributed by atoms with Crippen LogP contribution in [0.4, 0.5) is 0 Å². The Morgan fingerprint density at radius 3 is 2.32 bits per heavy atom. The Kier molecular flexibility index (Phi) is 8.34. The third-order valence-corrected chi connectivity index (χ3v) is 6.80. The molecule has 6 nitrogen and oxygen atoms in total. The van der Waals surface area contributed by atoms with E-state index in [9.17, 15) is 13.2 Å². The van der Waals surface area contributed by atoms with Crippen molar-refractivity contribution in [3.05, 3.63) is 29.8 Å². The number of benzene rings is 1. The van der Waals surface area contributed by atoms with Crippen LogP contribution in [0.5, 0.6) is 0 Å². The lowest BCUT2D eigenvalue weighted by Gasteiger charge is -2.20. The molecule has 2 unspecified atom stereocenters. The molecule has 0 aliphatic heterocycles. The summed E-state index contributed by atoms with van der Waals surface area (Å²) in [7, 11) is -3.49. The molecule has 1 aliphatic rings. The van der Waals surface area contributed by atoms with E-state index in [1.165, 1.54) is 16.4 Å². The molecule has 0 spiro atoms. The number of rotatable bonds is 7. The first-order valence-corrected chi connectivity index (χ1v) is 9.99. The lowest BCUT2D eigenvalue weighted by Crippen LogP contribution is -2.39. The van der Waals surface area contributed by atoms with Gasteiger partial charge in [-0.3, -0.25) is 4.79 Å². The van der Waals surface area contributed by atoms with Crippen LogP contribution in [0, 0.1) is 5.92 Å². The van der Waals surface area contributed by atoms with E-state index < -0.39 is 10.0 Å². The smallest absolute Gasteiger partial charge is 0.251 e. The minimum atomic E-state index is -3.49. The maximum atomic E-state index is 12.4. The third kappa shape index (κ3) is 4.94. The number of amides is 1.